The number of hydrogen-bond acceptors (Lipinski definition) is 6. The lowest BCUT2D eigenvalue weighted by atomic mass is 9.87. The van der Waals surface area contributed by atoms with Crippen molar-refractivity contribution < 1.29 is 24.2 Å². The molecule has 0 saturated heterocycles. The second-order valence-corrected chi connectivity index (χ2v) is 8.27. The van der Waals surface area contributed by atoms with Gasteiger partial charge in [-0.05, 0) is 44.2 Å². The minimum absolute atomic E-state index is 0.112. The molecular formula is C23H32N4O5. The highest BCUT2D eigenvalue weighted by Crippen LogP contribution is 2.29. The lowest BCUT2D eigenvalue weighted by Gasteiger charge is -2.27. The maximum absolute atomic E-state index is 12.2. The van der Waals surface area contributed by atoms with Crippen molar-refractivity contribution in [1.29, 1.82) is 0 Å². The monoisotopic (exact) mass is 444 g/mol. The maximum Gasteiger partial charge on any atom is 0.409 e. The number of ether oxygens (including phenoxy) is 2. The van der Waals surface area contributed by atoms with Gasteiger partial charge in [0.1, 0.15) is 5.75 Å². The molecule has 0 bridgehead atoms. The van der Waals surface area contributed by atoms with Crippen molar-refractivity contribution in [1.82, 2.24) is 19.7 Å². The number of carboxylic acid groups (broad SMARTS) is 1. The van der Waals surface area contributed by atoms with E-state index in [2.05, 4.69) is 10.1 Å². The van der Waals surface area contributed by atoms with E-state index in [-0.39, 0.29) is 18.1 Å². The third-order valence-corrected chi connectivity index (χ3v) is 5.77. The molecule has 1 N–H and O–H groups in total. The molecule has 2 aromatic heterocycles. The zero-order chi connectivity index (χ0) is 23.1. The molecular weight excluding hydrogens is 412 g/mol. The van der Waals surface area contributed by atoms with Crippen molar-refractivity contribution >= 4 is 12.1 Å². The van der Waals surface area contributed by atoms with Gasteiger partial charge in [0.25, 0.3) is 0 Å². The Morgan fingerprint density at radius 1 is 1.28 bits per heavy atom. The van der Waals surface area contributed by atoms with Crippen molar-refractivity contribution in [2.45, 2.75) is 58.1 Å². The van der Waals surface area contributed by atoms with E-state index < -0.39 is 5.97 Å². The Morgan fingerprint density at radius 2 is 2.09 bits per heavy atom. The van der Waals surface area contributed by atoms with Gasteiger partial charge in [-0.3, -0.25) is 14.5 Å². The quantitative estimate of drug-likeness (QED) is 0.585. The molecule has 2 aromatic rings. The fraction of sp³-hybridized carbons (Fsp3) is 0.565. The first-order chi connectivity index (χ1) is 15.4. The second kappa shape index (κ2) is 11.0. The van der Waals surface area contributed by atoms with Gasteiger partial charge in [0.2, 0.25) is 0 Å². The number of carboxylic acids is 1. The molecule has 1 saturated carbocycles. The van der Waals surface area contributed by atoms with Crippen LogP contribution in [-0.4, -0.2) is 56.6 Å². The largest absolute Gasteiger partial charge is 0.489 e. The Bertz CT molecular complexity index is 912. The number of carbonyl (C=O) groups excluding carboxylic acids is 1. The predicted octanol–water partition coefficient (Wildman–Crippen LogP) is 3.87. The molecule has 1 amide bonds. The molecule has 2 atom stereocenters. The first-order valence-corrected chi connectivity index (χ1v) is 11.1. The highest BCUT2D eigenvalue weighted by atomic mass is 16.6. The summed E-state index contributed by atoms with van der Waals surface area (Å²) in [6, 6.07) is 3.69. The van der Waals surface area contributed by atoms with Crippen LogP contribution in [0.4, 0.5) is 4.79 Å². The summed E-state index contributed by atoms with van der Waals surface area (Å²) in [6.45, 7) is 2.80. The molecule has 1 aliphatic rings. The van der Waals surface area contributed by atoms with Gasteiger partial charge in [0.15, 0.2) is 0 Å². The molecule has 0 aliphatic heterocycles. The van der Waals surface area contributed by atoms with E-state index in [0.29, 0.717) is 31.7 Å². The lowest BCUT2D eigenvalue weighted by molar-refractivity contribution is -0.143. The van der Waals surface area contributed by atoms with Crippen LogP contribution in [0.15, 0.2) is 24.5 Å². The summed E-state index contributed by atoms with van der Waals surface area (Å²) in [5.41, 5.74) is 2.40. The van der Waals surface area contributed by atoms with Gasteiger partial charge in [0, 0.05) is 19.7 Å². The Kier molecular flexibility index (Phi) is 8.08. The van der Waals surface area contributed by atoms with Crippen LogP contribution in [-0.2, 0) is 23.1 Å². The summed E-state index contributed by atoms with van der Waals surface area (Å²) in [6.07, 6.45) is 7.63. The van der Waals surface area contributed by atoms with E-state index >= 15 is 0 Å². The minimum Gasteiger partial charge on any atom is -0.489 e. The van der Waals surface area contributed by atoms with Crippen LogP contribution in [0.1, 0.15) is 51.1 Å². The Morgan fingerprint density at radius 3 is 2.78 bits per heavy atom. The van der Waals surface area contributed by atoms with Gasteiger partial charge in [-0.15, -0.1) is 0 Å². The van der Waals surface area contributed by atoms with Crippen LogP contribution in [0.25, 0.3) is 11.3 Å². The third-order valence-electron chi connectivity index (χ3n) is 5.77. The number of nitrogens with zero attached hydrogens (tertiary/aromatic N) is 4. The fourth-order valence-electron chi connectivity index (χ4n) is 3.85. The third kappa shape index (κ3) is 5.99. The SMILES string of the molecule is CCCCOC(=O)N(C)Cc1c(-c2ccc(O[C@H]3CCCC(C(=O)O)C3)cn2)cnn1C. The van der Waals surface area contributed by atoms with E-state index in [9.17, 15) is 14.7 Å². The number of hydrogen-bond donors (Lipinski definition) is 1. The zero-order valence-electron chi connectivity index (χ0n) is 19.0. The van der Waals surface area contributed by atoms with Gasteiger partial charge in [-0.2, -0.15) is 5.10 Å². The number of carbonyl (C=O) groups is 2. The Hall–Kier alpha value is -3.10. The number of amides is 1. The van der Waals surface area contributed by atoms with Gasteiger partial charge >= 0.3 is 12.1 Å². The predicted molar refractivity (Wildman–Crippen MR) is 118 cm³/mol. The van der Waals surface area contributed by atoms with E-state index in [1.807, 2.05) is 26.1 Å². The first kappa shape index (κ1) is 23.6. The number of unbranched alkanes of at least 4 members (excludes halogenated alkanes) is 1. The van der Waals surface area contributed by atoms with E-state index in [4.69, 9.17) is 9.47 Å². The Balaban J connectivity index is 1.65. The number of pyridine rings is 1. The van der Waals surface area contributed by atoms with Gasteiger partial charge < -0.3 is 19.5 Å². The van der Waals surface area contributed by atoms with Crippen LogP contribution in [0, 0.1) is 5.92 Å². The maximum atomic E-state index is 12.2. The van der Waals surface area contributed by atoms with Crippen LogP contribution in [0.5, 0.6) is 5.75 Å². The van der Waals surface area contributed by atoms with E-state index in [0.717, 1.165) is 42.6 Å². The molecule has 2 heterocycles. The second-order valence-electron chi connectivity index (χ2n) is 8.27. The topological polar surface area (TPSA) is 107 Å². The van der Waals surface area contributed by atoms with Crippen molar-refractivity contribution in [3.63, 3.8) is 0 Å². The van der Waals surface area contributed by atoms with E-state index in [1.165, 1.54) is 4.90 Å². The van der Waals surface area contributed by atoms with Gasteiger partial charge in [-0.25, -0.2) is 4.79 Å². The molecule has 0 radical (unpaired) electrons. The number of rotatable bonds is 9. The summed E-state index contributed by atoms with van der Waals surface area (Å²) in [4.78, 5) is 29.5. The Labute approximate surface area is 188 Å². The molecule has 9 nitrogen and oxygen atoms in total. The molecule has 0 aromatic carbocycles. The molecule has 1 aliphatic carbocycles. The molecule has 9 heteroatoms. The minimum atomic E-state index is -0.755. The summed E-state index contributed by atoms with van der Waals surface area (Å²) in [5.74, 6) is -0.480. The van der Waals surface area contributed by atoms with Crippen LogP contribution in [0.2, 0.25) is 0 Å². The van der Waals surface area contributed by atoms with Gasteiger partial charge in [-0.1, -0.05) is 13.3 Å². The molecule has 1 fully saturated rings. The smallest absolute Gasteiger partial charge is 0.409 e. The molecule has 0 spiro atoms. The molecule has 32 heavy (non-hydrogen) atoms. The summed E-state index contributed by atoms with van der Waals surface area (Å²) in [5, 5.41) is 13.6. The average molecular weight is 445 g/mol. The zero-order valence-corrected chi connectivity index (χ0v) is 19.0. The summed E-state index contributed by atoms with van der Waals surface area (Å²) < 4.78 is 13.0. The molecule has 1 unspecified atom stereocenters. The van der Waals surface area contributed by atoms with Crippen molar-refractivity contribution in [3.8, 4) is 17.0 Å². The van der Waals surface area contributed by atoms with E-state index in [1.54, 1.807) is 24.1 Å². The lowest BCUT2D eigenvalue weighted by Crippen LogP contribution is -2.29. The van der Waals surface area contributed by atoms with Crippen molar-refractivity contribution in [2.75, 3.05) is 13.7 Å². The van der Waals surface area contributed by atoms with Crippen LogP contribution < -0.4 is 4.74 Å². The molecule has 174 valence electrons. The van der Waals surface area contributed by atoms with Crippen molar-refractivity contribution in [2.24, 2.45) is 13.0 Å². The highest BCUT2D eigenvalue weighted by molar-refractivity contribution is 5.70. The fourth-order valence-corrected chi connectivity index (χ4v) is 3.85. The number of aliphatic carboxylic acids is 1. The van der Waals surface area contributed by atoms with Crippen LogP contribution >= 0.6 is 0 Å². The normalized spacial score (nSPS) is 18.2. The number of aromatic nitrogens is 3. The van der Waals surface area contributed by atoms with Crippen LogP contribution in [0.3, 0.4) is 0 Å². The molecule has 3 rings (SSSR count). The average Bonchev–Trinajstić information content (AvgIpc) is 3.14. The standard InChI is InChI=1S/C23H32N4O5/c1-4-5-11-31-23(30)26(2)15-21-19(14-25-27(21)3)20-10-9-18(13-24-20)32-17-8-6-7-16(12-17)22(28)29/h9-10,13-14,16-17H,4-8,11-12,15H2,1-3H3,(H,28,29)/t16?,17-/m0/s1. The number of aryl methyl sites for hydroxylation is 1. The summed E-state index contributed by atoms with van der Waals surface area (Å²) >= 11 is 0. The highest BCUT2D eigenvalue weighted by Gasteiger charge is 2.28. The van der Waals surface area contributed by atoms with Crippen molar-refractivity contribution in [3.05, 3.63) is 30.2 Å². The first-order valence-electron chi connectivity index (χ1n) is 11.1. The summed E-state index contributed by atoms with van der Waals surface area (Å²) in [7, 11) is 3.53. The van der Waals surface area contributed by atoms with Gasteiger partial charge in [0.05, 0.1) is 49.0 Å².